The fourth-order valence-corrected chi connectivity index (χ4v) is 3.95. The van der Waals surface area contributed by atoms with E-state index >= 15 is 0 Å². The fourth-order valence-electron chi connectivity index (χ4n) is 3.95. The van der Waals surface area contributed by atoms with Gasteiger partial charge >= 0.3 is 17.8 Å². The Labute approximate surface area is 177 Å². The molecule has 160 valence electrons. The summed E-state index contributed by atoms with van der Waals surface area (Å²) in [5.41, 5.74) is 4.36. The predicted octanol–water partition coefficient (Wildman–Crippen LogP) is 2.63. The number of H-pyrrole nitrogens is 1. The minimum atomic E-state index is -1.18. The Morgan fingerprint density at radius 2 is 1.77 bits per heavy atom. The monoisotopic (exact) mass is 423 g/mol. The number of nitrogens with one attached hydrogen (secondary N) is 1. The van der Waals surface area contributed by atoms with Gasteiger partial charge in [-0.2, -0.15) is 0 Å². The molecular formula is C22H21N3O6. The van der Waals surface area contributed by atoms with Gasteiger partial charge in [0.05, 0.1) is 0 Å². The number of nitrogens with zero attached hydrogens (tertiary/aromatic N) is 2. The first-order valence-electron chi connectivity index (χ1n) is 9.81. The van der Waals surface area contributed by atoms with Gasteiger partial charge in [-0.05, 0) is 28.7 Å². The Hall–Kier alpha value is -3.88. The third-order valence-electron chi connectivity index (χ3n) is 5.52. The maximum Gasteiger partial charge on any atom is 0.438 e. The van der Waals surface area contributed by atoms with Crippen LogP contribution in [0.5, 0.6) is 0 Å². The zero-order valence-corrected chi connectivity index (χ0v) is 16.8. The van der Waals surface area contributed by atoms with Gasteiger partial charge in [-0.1, -0.05) is 53.7 Å². The molecule has 1 aliphatic carbocycles. The molecule has 0 aliphatic heterocycles. The van der Waals surface area contributed by atoms with E-state index in [9.17, 15) is 19.5 Å². The lowest BCUT2D eigenvalue weighted by Crippen LogP contribution is -2.43. The number of carboxylic acid groups (broad SMARTS) is 1. The lowest BCUT2D eigenvalue weighted by atomic mass is 9.98. The summed E-state index contributed by atoms with van der Waals surface area (Å²) >= 11 is 0. The first-order chi connectivity index (χ1) is 15.0. The Morgan fingerprint density at radius 3 is 2.32 bits per heavy atom. The average molecular weight is 423 g/mol. The summed E-state index contributed by atoms with van der Waals surface area (Å²) in [7, 11) is 1.38. The molecule has 9 heteroatoms. The van der Waals surface area contributed by atoms with Crippen molar-refractivity contribution in [1.29, 1.82) is 0 Å². The first-order valence-corrected chi connectivity index (χ1v) is 9.81. The number of aromatic nitrogens is 2. The molecule has 1 amide bonds. The second kappa shape index (κ2) is 8.47. The average Bonchev–Trinajstić information content (AvgIpc) is 3.32. The van der Waals surface area contributed by atoms with Crippen molar-refractivity contribution >= 4 is 12.1 Å². The number of fused-ring (bicyclic) bond motifs is 3. The second-order valence-corrected chi connectivity index (χ2v) is 7.35. The van der Waals surface area contributed by atoms with E-state index in [1.165, 1.54) is 7.05 Å². The summed E-state index contributed by atoms with van der Waals surface area (Å²) in [5.74, 6) is -1.79. The molecule has 1 heterocycles. The van der Waals surface area contributed by atoms with Crippen molar-refractivity contribution in [3.05, 3.63) is 76.0 Å². The summed E-state index contributed by atoms with van der Waals surface area (Å²) in [6.07, 6.45) is -0.565. The summed E-state index contributed by atoms with van der Waals surface area (Å²) in [6, 6.07) is 14.8. The molecule has 2 aromatic carbocycles. The Kier molecular flexibility index (Phi) is 5.57. The number of ether oxygens (including phenoxy) is 1. The molecule has 4 rings (SSSR count). The number of aliphatic carboxylic acids is 1. The summed E-state index contributed by atoms with van der Waals surface area (Å²) < 4.78 is 9.92. The molecule has 1 atom stereocenters. The van der Waals surface area contributed by atoms with E-state index in [-0.39, 0.29) is 31.2 Å². The lowest BCUT2D eigenvalue weighted by molar-refractivity contribution is -0.142. The van der Waals surface area contributed by atoms with Crippen LogP contribution in [0.3, 0.4) is 0 Å². The number of rotatable bonds is 7. The van der Waals surface area contributed by atoms with Crippen molar-refractivity contribution in [1.82, 2.24) is 15.0 Å². The van der Waals surface area contributed by atoms with Crippen LogP contribution < -0.4 is 5.76 Å². The zero-order chi connectivity index (χ0) is 22.0. The normalized spacial score (nSPS) is 13.3. The number of hydrogen-bond donors (Lipinski definition) is 2. The molecule has 0 bridgehead atoms. The lowest BCUT2D eigenvalue weighted by Gasteiger charge is -2.25. The number of carbonyl (C=O) groups excluding carboxylic acids is 1. The van der Waals surface area contributed by atoms with Crippen LogP contribution in [-0.2, 0) is 16.0 Å². The molecule has 0 saturated heterocycles. The SMILES string of the molecule is CN(C(=O)OCC1c2ccccc2-c2ccccc21)C(CCc1noc(=O)[nH]1)C(=O)O. The molecule has 0 spiro atoms. The van der Waals surface area contributed by atoms with Crippen LogP contribution in [0.15, 0.2) is 57.8 Å². The number of carboxylic acids is 1. The standard InChI is InChI=1S/C22H21N3O6/c1-25(18(20(26)27)10-11-19-23-21(28)31-24-19)22(29)30-12-17-15-8-4-2-6-13(15)14-7-3-5-9-16(14)17/h2-9,17-18H,10-12H2,1H3,(H,26,27)(H,23,24,28). The zero-order valence-electron chi connectivity index (χ0n) is 16.8. The van der Waals surface area contributed by atoms with Crippen LogP contribution in [0.25, 0.3) is 11.1 Å². The van der Waals surface area contributed by atoms with Gasteiger partial charge in [0.15, 0.2) is 5.82 Å². The first kappa shape index (κ1) is 20.4. The number of aromatic amines is 1. The van der Waals surface area contributed by atoms with Gasteiger partial charge in [0.1, 0.15) is 12.6 Å². The minimum Gasteiger partial charge on any atom is -0.480 e. The number of carbonyl (C=O) groups is 2. The Balaban J connectivity index is 1.43. The number of hydrogen-bond acceptors (Lipinski definition) is 6. The molecule has 31 heavy (non-hydrogen) atoms. The Morgan fingerprint density at radius 1 is 1.16 bits per heavy atom. The molecule has 0 saturated carbocycles. The largest absolute Gasteiger partial charge is 0.480 e. The molecule has 3 aromatic rings. The highest BCUT2D eigenvalue weighted by molar-refractivity contribution is 5.81. The molecule has 1 aliphatic rings. The van der Waals surface area contributed by atoms with Gasteiger partial charge in [-0.25, -0.2) is 14.4 Å². The highest BCUT2D eigenvalue weighted by Gasteiger charge is 2.32. The van der Waals surface area contributed by atoms with Crippen molar-refractivity contribution in [2.24, 2.45) is 0 Å². The van der Waals surface area contributed by atoms with Gasteiger partial charge in [0.25, 0.3) is 0 Å². The van der Waals surface area contributed by atoms with Gasteiger partial charge in [-0.3, -0.25) is 14.4 Å². The van der Waals surface area contributed by atoms with E-state index < -0.39 is 23.9 Å². The van der Waals surface area contributed by atoms with Crippen LogP contribution in [0.4, 0.5) is 4.79 Å². The quantitative estimate of drug-likeness (QED) is 0.598. The van der Waals surface area contributed by atoms with Crippen molar-refractivity contribution in [3.63, 3.8) is 0 Å². The van der Waals surface area contributed by atoms with E-state index in [1.807, 2.05) is 48.5 Å². The predicted molar refractivity (Wildman–Crippen MR) is 110 cm³/mol. The van der Waals surface area contributed by atoms with Crippen molar-refractivity contribution in [2.75, 3.05) is 13.7 Å². The van der Waals surface area contributed by atoms with E-state index in [2.05, 4.69) is 14.7 Å². The molecule has 2 N–H and O–H groups in total. The van der Waals surface area contributed by atoms with Crippen LogP contribution in [-0.4, -0.2) is 51.9 Å². The smallest absolute Gasteiger partial charge is 0.438 e. The number of amides is 1. The highest BCUT2D eigenvalue weighted by atomic mass is 16.6. The van der Waals surface area contributed by atoms with Gasteiger partial charge in [0.2, 0.25) is 0 Å². The third-order valence-corrected chi connectivity index (χ3v) is 5.52. The summed E-state index contributed by atoms with van der Waals surface area (Å²) in [6.45, 7) is 0.0974. The molecule has 9 nitrogen and oxygen atoms in total. The van der Waals surface area contributed by atoms with Crippen LogP contribution >= 0.6 is 0 Å². The van der Waals surface area contributed by atoms with Crippen molar-refractivity contribution in [3.8, 4) is 11.1 Å². The molecule has 1 aromatic heterocycles. The third kappa shape index (κ3) is 4.07. The second-order valence-electron chi connectivity index (χ2n) is 7.35. The van der Waals surface area contributed by atoms with Crippen LogP contribution in [0.1, 0.15) is 29.3 Å². The highest BCUT2D eigenvalue weighted by Crippen LogP contribution is 2.44. The summed E-state index contributed by atoms with van der Waals surface area (Å²) in [5, 5.41) is 13.1. The van der Waals surface area contributed by atoms with Gasteiger partial charge < -0.3 is 9.84 Å². The molecular weight excluding hydrogens is 402 g/mol. The Bertz CT molecular complexity index is 1120. The topological polar surface area (TPSA) is 126 Å². The molecule has 1 unspecified atom stereocenters. The number of aryl methyl sites for hydroxylation is 1. The molecule has 0 fully saturated rings. The number of likely N-dealkylation sites (N-methyl/N-ethyl adjacent to an activating group) is 1. The van der Waals surface area contributed by atoms with E-state index in [4.69, 9.17) is 4.74 Å². The van der Waals surface area contributed by atoms with Crippen LogP contribution in [0.2, 0.25) is 0 Å². The maximum atomic E-state index is 12.6. The number of benzene rings is 2. The van der Waals surface area contributed by atoms with Crippen molar-refractivity contribution < 1.29 is 24.0 Å². The fraction of sp³-hybridized carbons (Fsp3) is 0.273. The van der Waals surface area contributed by atoms with Gasteiger partial charge in [0, 0.05) is 19.4 Å². The van der Waals surface area contributed by atoms with Crippen molar-refractivity contribution in [2.45, 2.75) is 24.8 Å². The summed E-state index contributed by atoms with van der Waals surface area (Å²) in [4.78, 5) is 38.7. The van der Waals surface area contributed by atoms with E-state index in [0.717, 1.165) is 27.2 Å². The van der Waals surface area contributed by atoms with Gasteiger partial charge in [-0.15, -0.1) is 0 Å². The van der Waals surface area contributed by atoms with E-state index in [0.29, 0.717) is 0 Å². The van der Waals surface area contributed by atoms with E-state index in [1.54, 1.807) is 0 Å². The molecule has 0 radical (unpaired) electrons. The minimum absolute atomic E-state index is 0.0402. The maximum absolute atomic E-state index is 12.6. The van der Waals surface area contributed by atoms with Crippen LogP contribution in [0, 0.1) is 0 Å².